The van der Waals surface area contributed by atoms with Crippen molar-refractivity contribution in [3.8, 4) is 5.75 Å². The summed E-state index contributed by atoms with van der Waals surface area (Å²) >= 11 is 0. The highest BCUT2D eigenvalue weighted by atomic mass is 16.5. The molecule has 43 heavy (non-hydrogen) atoms. The van der Waals surface area contributed by atoms with Gasteiger partial charge in [-0.2, -0.15) is 0 Å². The van der Waals surface area contributed by atoms with Crippen molar-refractivity contribution in [3.63, 3.8) is 0 Å². The van der Waals surface area contributed by atoms with Gasteiger partial charge >= 0.3 is 0 Å². The Balaban J connectivity index is 1.20. The van der Waals surface area contributed by atoms with Gasteiger partial charge in [0.2, 0.25) is 0 Å². The summed E-state index contributed by atoms with van der Waals surface area (Å²) in [6.45, 7) is 3.17. The third kappa shape index (κ3) is 6.71. The quantitative estimate of drug-likeness (QED) is 0.451. The molecule has 6 rings (SSSR count). The van der Waals surface area contributed by atoms with Gasteiger partial charge in [-0.1, -0.05) is 6.07 Å². The first kappa shape index (κ1) is 28.8. The van der Waals surface area contributed by atoms with E-state index < -0.39 is 0 Å². The fraction of sp³-hybridized carbons (Fsp3) is 0.500. The number of benzene rings is 1. The molecule has 3 aromatic rings. The number of aromatic nitrogens is 3. The van der Waals surface area contributed by atoms with Crippen molar-refractivity contribution >= 4 is 17.7 Å². The Morgan fingerprint density at radius 1 is 0.953 bits per heavy atom. The van der Waals surface area contributed by atoms with Gasteiger partial charge < -0.3 is 23.9 Å². The van der Waals surface area contributed by atoms with Crippen LogP contribution < -0.4 is 4.74 Å². The number of oxazole rings is 1. The van der Waals surface area contributed by atoms with Crippen LogP contribution >= 0.6 is 0 Å². The van der Waals surface area contributed by atoms with Crippen molar-refractivity contribution in [2.75, 3.05) is 46.4 Å². The molecule has 0 unspecified atom stereocenters. The molecule has 1 aliphatic carbocycles. The zero-order valence-corrected chi connectivity index (χ0v) is 24.6. The number of rotatable bonds is 3. The van der Waals surface area contributed by atoms with Gasteiger partial charge in [-0.05, 0) is 68.6 Å². The Kier molecular flexibility index (Phi) is 8.40. The number of hydrogen-bond donors (Lipinski definition) is 0. The second kappa shape index (κ2) is 12.5. The largest absolute Gasteiger partial charge is 0.494 e. The minimum atomic E-state index is -0.209. The van der Waals surface area contributed by atoms with E-state index >= 15 is 0 Å². The Labute approximate surface area is 251 Å². The van der Waals surface area contributed by atoms with Gasteiger partial charge in [-0.25, -0.2) is 9.97 Å². The molecular weight excluding hydrogens is 548 g/mol. The maximum Gasteiger partial charge on any atom is 0.275 e. The summed E-state index contributed by atoms with van der Waals surface area (Å²) in [5.41, 5.74) is 1.06. The van der Waals surface area contributed by atoms with Gasteiger partial charge in [0.05, 0.1) is 12.8 Å². The number of likely N-dealkylation sites (tertiary alicyclic amines) is 1. The summed E-state index contributed by atoms with van der Waals surface area (Å²) in [6, 6.07) is 7.26. The smallest absolute Gasteiger partial charge is 0.275 e. The van der Waals surface area contributed by atoms with Crippen LogP contribution in [-0.4, -0.2) is 93.8 Å². The summed E-state index contributed by atoms with van der Waals surface area (Å²) in [4.78, 5) is 58.4. The first-order chi connectivity index (χ1) is 20.9. The van der Waals surface area contributed by atoms with E-state index in [9.17, 15) is 14.4 Å². The summed E-state index contributed by atoms with van der Waals surface area (Å²) < 4.78 is 11.5. The van der Waals surface area contributed by atoms with Crippen LogP contribution in [0.2, 0.25) is 0 Å². The van der Waals surface area contributed by atoms with Crippen molar-refractivity contribution in [2.45, 2.75) is 50.9 Å². The lowest BCUT2D eigenvalue weighted by Crippen LogP contribution is -2.48. The van der Waals surface area contributed by atoms with E-state index in [1.165, 1.54) is 18.7 Å². The van der Waals surface area contributed by atoms with Crippen LogP contribution in [0.4, 0.5) is 0 Å². The van der Waals surface area contributed by atoms with Gasteiger partial charge in [0.25, 0.3) is 17.7 Å². The van der Waals surface area contributed by atoms with E-state index in [1.807, 2.05) is 35.0 Å². The Morgan fingerprint density at radius 2 is 1.72 bits per heavy atom. The Bertz CT molecular complexity index is 1450. The molecular formula is C32H38N6O5. The number of nitrogens with zero attached hydrogens (tertiary/aromatic N) is 6. The second-order valence-electron chi connectivity index (χ2n) is 12.0. The monoisotopic (exact) mass is 586 g/mol. The van der Waals surface area contributed by atoms with Crippen molar-refractivity contribution in [1.82, 2.24) is 29.7 Å². The number of amides is 3. The van der Waals surface area contributed by atoms with Gasteiger partial charge in [0, 0.05) is 63.6 Å². The normalized spacial score (nSPS) is 19.8. The Hall–Kier alpha value is -4.28. The first-order valence-electron chi connectivity index (χ1n) is 15.2. The standard InChI is InChI=1S/C32H38N6O5/c1-36-22-32(10-16-38(17-11-32)31(41)27-21-43-28(35-27)23-7-8-23)9-3-14-37(30(40)26-20-33-12-13-34-26)15-4-18-42-25-6-2-5-24(19-25)29(36)39/h2,5-6,12-13,19-21,23H,3-4,7-11,14-18,22H2,1H3. The maximum absolute atomic E-state index is 13.5. The van der Waals surface area contributed by atoms with E-state index in [2.05, 4.69) is 15.0 Å². The van der Waals surface area contributed by atoms with Crippen LogP contribution in [-0.2, 0) is 0 Å². The second-order valence-corrected chi connectivity index (χ2v) is 12.0. The van der Waals surface area contributed by atoms with Crippen LogP contribution in [0.3, 0.4) is 0 Å². The van der Waals surface area contributed by atoms with E-state index in [0.29, 0.717) is 80.3 Å². The van der Waals surface area contributed by atoms with Crippen molar-refractivity contribution in [3.05, 3.63) is 72.0 Å². The number of ether oxygens (including phenoxy) is 1. The molecule has 1 aromatic carbocycles. The average Bonchev–Trinajstić information content (AvgIpc) is 3.77. The van der Waals surface area contributed by atoms with E-state index in [1.54, 1.807) is 17.2 Å². The predicted octanol–water partition coefficient (Wildman–Crippen LogP) is 4.04. The summed E-state index contributed by atoms with van der Waals surface area (Å²) in [5, 5.41) is 0. The molecule has 3 aliphatic rings. The molecule has 1 saturated heterocycles. The van der Waals surface area contributed by atoms with E-state index in [4.69, 9.17) is 9.15 Å². The van der Waals surface area contributed by atoms with Gasteiger partial charge in [0.1, 0.15) is 17.7 Å². The summed E-state index contributed by atoms with van der Waals surface area (Å²) in [7, 11) is 1.84. The van der Waals surface area contributed by atoms with Crippen molar-refractivity contribution in [2.24, 2.45) is 5.41 Å². The number of piperidine rings is 1. The van der Waals surface area contributed by atoms with Crippen LogP contribution in [0.15, 0.2) is 53.5 Å². The number of carbonyl (C=O) groups is 3. The highest BCUT2D eigenvalue weighted by Gasteiger charge is 2.39. The summed E-state index contributed by atoms with van der Waals surface area (Å²) in [5.74, 6) is 1.31. The zero-order valence-electron chi connectivity index (χ0n) is 24.6. The lowest BCUT2D eigenvalue weighted by atomic mass is 9.74. The molecule has 226 valence electrons. The molecule has 2 bridgehead atoms. The predicted molar refractivity (Wildman–Crippen MR) is 157 cm³/mol. The van der Waals surface area contributed by atoms with Gasteiger partial charge in [-0.3, -0.25) is 19.4 Å². The van der Waals surface area contributed by atoms with Gasteiger partial charge in [-0.15, -0.1) is 0 Å². The molecule has 11 nitrogen and oxygen atoms in total. The summed E-state index contributed by atoms with van der Waals surface area (Å²) in [6.07, 6.45) is 11.9. The third-order valence-electron chi connectivity index (χ3n) is 8.82. The third-order valence-corrected chi connectivity index (χ3v) is 8.82. The molecule has 2 aliphatic heterocycles. The number of hydrogen-bond acceptors (Lipinski definition) is 8. The molecule has 11 heteroatoms. The molecule has 2 fully saturated rings. The average molecular weight is 587 g/mol. The lowest BCUT2D eigenvalue weighted by molar-refractivity contribution is 0.0381. The van der Waals surface area contributed by atoms with Gasteiger partial charge in [0.15, 0.2) is 11.6 Å². The maximum atomic E-state index is 13.5. The van der Waals surface area contributed by atoms with Crippen molar-refractivity contribution in [1.29, 1.82) is 0 Å². The molecule has 2 aromatic heterocycles. The van der Waals surface area contributed by atoms with Crippen LogP contribution in [0.5, 0.6) is 5.75 Å². The van der Waals surface area contributed by atoms with E-state index in [0.717, 1.165) is 38.5 Å². The lowest BCUT2D eigenvalue weighted by Gasteiger charge is -2.44. The molecule has 0 atom stereocenters. The topological polar surface area (TPSA) is 122 Å². The molecule has 0 radical (unpaired) electrons. The number of fused-ring (bicyclic) bond motifs is 2. The van der Waals surface area contributed by atoms with E-state index in [-0.39, 0.29) is 23.1 Å². The molecule has 1 spiro atoms. The van der Waals surface area contributed by atoms with Crippen LogP contribution in [0.1, 0.15) is 88.1 Å². The van der Waals surface area contributed by atoms with Crippen LogP contribution in [0, 0.1) is 5.41 Å². The molecule has 1 saturated carbocycles. The minimum absolute atomic E-state index is 0.0622. The molecule has 3 amide bonds. The van der Waals surface area contributed by atoms with Crippen LogP contribution in [0.25, 0.3) is 0 Å². The highest BCUT2D eigenvalue weighted by Crippen LogP contribution is 2.40. The first-order valence-corrected chi connectivity index (χ1v) is 15.2. The molecule has 0 N–H and O–H groups in total. The zero-order chi connectivity index (χ0) is 29.8. The van der Waals surface area contributed by atoms with Crippen molar-refractivity contribution < 1.29 is 23.5 Å². The Morgan fingerprint density at radius 3 is 2.49 bits per heavy atom. The minimum Gasteiger partial charge on any atom is -0.494 e. The fourth-order valence-electron chi connectivity index (χ4n) is 6.23. The molecule has 4 heterocycles. The SMILES string of the molecule is CN1CC2(CCCN(C(=O)c3cnccn3)CCCOc3cccc(c3)C1=O)CCN(C(=O)c1coc(C3CC3)n1)CC2. The fourth-order valence-corrected chi connectivity index (χ4v) is 6.23. The number of carbonyl (C=O) groups excluding carboxylic acids is 3. The highest BCUT2D eigenvalue weighted by molar-refractivity contribution is 5.94.